The van der Waals surface area contributed by atoms with Gasteiger partial charge in [0.2, 0.25) is 0 Å². The lowest BCUT2D eigenvalue weighted by Crippen LogP contribution is -1.74. The minimum absolute atomic E-state index is 0.405. The predicted molar refractivity (Wildman–Crippen MR) is 29.0 cm³/mol. The first-order valence-electron chi connectivity index (χ1n) is 2.06. The molecule has 0 heteroatoms. The highest BCUT2D eigenvalue weighted by Gasteiger charge is 1.76. The average molecular weight is 82.1 g/mol. The van der Waals surface area contributed by atoms with Crippen LogP contribution in [0.15, 0.2) is 12.2 Å². The Labute approximate surface area is 39.9 Å². The quantitative estimate of drug-likeness (QED) is 0.453. The maximum atomic E-state index is 3.70. The zero-order chi connectivity index (χ0) is 4.99. The summed E-state index contributed by atoms with van der Waals surface area (Å²) in [5.41, 5.74) is 0. The van der Waals surface area contributed by atoms with E-state index in [0.717, 1.165) is 0 Å². The fourth-order valence-electron chi connectivity index (χ4n) is 0.232. The van der Waals surface area contributed by atoms with Gasteiger partial charge in [-0.15, -0.1) is 0 Å². The van der Waals surface area contributed by atoms with Gasteiger partial charge in [-0.05, 0) is 19.8 Å². The van der Waals surface area contributed by atoms with E-state index in [9.17, 15) is 0 Å². The summed E-state index contributed by atoms with van der Waals surface area (Å²) in [5, 5.41) is 0. The summed E-state index contributed by atoms with van der Waals surface area (Å²) in [6.45, 7) is 9.22. The second kappa shape index (κ2) is 2.95. The van der Waals surface area contributed by atoms with Crippen molar-refractivity contribution in [1.29, 1.82) is 0 Å². The van der Waals surface area contributed by atoms with Gasteiger partial charge in [-0.1, -0.05) is 19.1 Å². The second-order valence-corrected chi connectivity index (χ2v) is 1.41. The molecule has 0 aromatic heterocycles. The summed E-state index contributed by atoms with van der Waals surface area (Å²) in [6.07, 6.45) is 3.71. The van der Waals surface area contributed by atoms with Gasteiger partial charge in [0.05, 0.1) is 0 Å². The Hall–Kier alpha value is -0.260. The number of rotatable bonds is 1. The van der Waals surface area contributed by atoms with E-state index < -0.39 is 0 Å². The molecule has 1 atom stereocenters. The molecule has 0 aliphatic rings. The molecule has 0 bridgehead atoms. The Bertz CT molecular complexity index is 42.0. The molecule has 0 saturated heterocycles. The molecule has 0 rings (SSSR count). The average Bonchev–Trinajstić information content (AvgIpc) is 1.35. The SMILES string of the molecule is [CH2]C=CC([CH2])C. The van der Waals surface area contributed by atoms with Gasteiger partial charge < -0.3 is 0 Å². The molecule has 0 heterocycles. The van der Waals surface area contributed by atoms with E-state index in [0.29, 0.717) is 5.92 Å². The number of hydrogen-bond donors (Lipinski definition) is 0. The van der Waals surface area contributed by atoms with Crippen LogP contribution in [0.1, 0.15) is 6.92 Å². The van der Waals surface area contributed by atoms with Crippen LogP contribution >= 0.6 is 0 Å². The molecule has 0 fully saturated rings. The van der Waals surface area contributed by atoms with E-state index in [1.807, 2.05) is 13.0 Å². The maximum absolute atomic E-state index is 3.70. The van der Waals surface area contributed by atoms with Gasteiger partial charge in [0.25, 0.3) is 0 Å². The number of allylic oxidation sites excluding steroid dienone is 2. The third-order valence-corrected chi connectivity index (χ3v) is 0.465. The second-order valence-electron chi connectivity index (χ2n) is 1.41. The summed E-state index contributed by atoms with van der Waals surface area (Å²) >= 11 is 0. The van der Waals surface area contributed by atoms with E-state index in [1.54, 1.807) is 6.08 Å². The van der Waals surface area contributed by atoms with Crippen molar-refractivity contribution >= 4 is 0 Å². The molecule has 34 valence electrons. The Morgan fingerprint density at radius 2 is 2.17 bits per heavy atom. The Balaban J connectivity index is 3.03. The first kappa shape index (κ1) is 5.74. The smallest absolute Gasteiger partial charge is 0.0262 e. The van der Waals surface area contributed by atoms with Crippen LogP contribution in [-0.4, -0.2) is 0 Å². The minimum atomic E-state index is 0.405. The van der Waals surface area contributed by atoms with Crippen molar-refractivity contribution in [3.8, 4) is 0 Å². The molecule has 2 radical (unpaired) electrons. The monoisotopic (exact) mass is 82.1 g/mol. The van der Waals surface area contributed by atoms with Crippen LogP contribution in [0.25, 0.3) is 0 Å². The van der Waals surface area contributed by atoms with E-state index in [2.05, 4.69) is 13.8 Å². The van der Waals surface area contributed by atoms with E-state index >= 15 is 0 Å². The van der Waals surface area contributed by atoms with Crippen molar-refractivity contribution in [2.75, 3.05) is 0 Å². The molecule has 6 heavy (non-hydrogen) atoms. The van der Waals surface area contributed by atoms with Gasteiger partial charge in [-0.3, -0.25) is 0 Å². The van der Waals surface area contributed by atoms with Crippen LogP contribution in [-0.2, 0) is 0 Å². The summed E-state index contributed by atoms with van der Waals surface area (Å²) < 4.78 is 0. The summed E-state index contributed by atoms with van der Waals surface area (Å²) in [7, 11) is 0. The highest BCUT2D eigenvalue weighted by Crippen LogP contribution is 1.89. The molecule has 0 aromatic carbocycles. The van der Waals surface area contributed by atoms with Crippen LogP contribution in [0, 0.1) is 19.8 Å². The van der Waals surface area contributed by atoms with Gasteiger partial charge in [0.15, 0.2) is 0 Å². The molecule has 0 spiro atoms. The Kier molecular flexibility index (Phi) is 2.82. The maximum Gasteiger partial charge on any atom is -0.0262 e. The fraction of sp³-hybridized carbons (Fsp3) is 0.333. The highest BCUT2D eigenvalue weighted by molar-refractivity contribution is 4.88. The van der Waals surface area contributed by atoms with E-state index in [-0.39, 0.29) is 0 Å². The molecular weight excluding hydrogens is 72.1 g/mol. The first-order valence-corrected chi connectivity index (χ1v) is 2.06. The van der Waals surface area contributed by atoms with Gasteiger partial charge >= 0.3 is 0 Å². The van der Waals surface area contributed by atoms with Crippen LogP contribution in [0.2, 0.25) is 0 Å². The number of hydrogen-bond acceptors (Lipinski definition) is 0. The molecule has 1 unspecified atom stereocenters. The van der Waals surface area contributed by atoms with Crippen molar-refractivity contribution in [3.63, 3.8) is 0 Å². The van der Waals surface area contributed by atoms with Crippen LogP contribution < -0.4 is 0 Å². The van der Waals surface area contributed by atoms with Crippen molar-refractivity contribution in [1.82, 2.24) is 0 Å². The van der Waals surface area contributed by atoms with Gasteiger partial charge in [-0.25, -0.2) is 0 Å². The van der Waals surface area contributed by atoms with Crippen LogP contribution in [0.3, 0.4) is 0 Å². The van der Waals surface area contributed by atoms with Crippen molar-refractivity contribution < 1.29 is 0 Å². The molecule has 0 amide bonds. The largest absolute Gasteiger partial charge is 0.0880 e. The third kappa shape index (κ3) is 3.74. The molecule has 0 aliphatic heterocycles. The molecule has 0 aliphatic carbocycles. The molecule has 0 nitrogen and oxygen atoms in total. The lowest BCUT2D eigenvalue weighted by Gasteiger charge is -1.86. The molecular formula is C6H10. The van der Waals surface area contributed by atoms with E-state index in [4.69, 9.17) is 0 Å². The standard InChI is InChI=1S/C6H10/c1-4-5-6(2)3/h4-6H,1-2H2,3H3. The summed E-state index contributed by atoms with van der Waals surface area (Å²) in [4.78, 5) is 0. The predicted octanol–water partition coefficient (Wildman–Crippen LogP) is 1.85. The van der Waals surface area contributed by atoms with Crippen molar-refractivity contribution in [3.05, 3.63) is 26.0 Å². The third-order valence-electron chi connectivity index (χ3n) is 0.465. The molecule has 0 aromatic rings. The normalized spacial score (nSPS) is 11.3. The van der Waals surface area contributed by atoms with Gasteiger partial charge in [-0.2, -0.15) is 0 Å². The highest BCUT2D eigenvalue weighted by atomic mass is 13.8. The van der Waals surface area contributed by atoms with Crippen molar-refractivity contribution in [2.24, 2.45) is 5.92 Å². The van der Waals surface area contributed by atoms with Crippen LogP contribution in [0.5, 0.6) is 0 Å². The fourth-order valence-corrected chi connectivity index (χ4v) is 0.232. The van der Waals surface area contributed by atoms with Gasteiger partial charge in [0.1, 0.15) is 0 Å². The Morgan fingerprint density at radius 1 is 1.67 bits per heavy atom. The van der Waals surface area contributed by atoms with E-state index in [1.165, 1.54) is 0 Å². The zero-order valence-corrected chi connectivity index (χ0v) is 4.15. The molecule has 0 saturated carbocycles. The lowest BCUT2D eigenvalue weighted by atomic mass is 10.2. The summed E-state index contributed by atoms with van der Waals surface area (Å²) in [5.74, 6) is 0.405. The topological polar surface area (TPSA) is 0 Å². The zero-order valence-electron chi connectivity index (χ0n) is 4.15. The lowest BCUT2D eigenvalue weighted by molar-refractivity contribution is 0.936. The summed E-state index contributed by atoms with van der Waals surface area (Å²) in [6, 6.07) is 0. The molecule has 0 N–H and O–H groups in total. The minimum Gasteiger partial charge on any atom is -0.0880 e. The van der Waals surface area contributed by atoms with Crippen LogP contribution in [0.4, 0.5) is 0 Å². The van der Waals surface area contributed by atoms with Crippen molar-refractivity contribution in [2.45, 2.75) is 6.92 Å². The Morgan fingerprint density at radius 3 is 2.17 bits per heavy atom. The first-order chi connectivity index (χ1) is 2.77. The van der Waals surface area contributed by atoms with Gasteiger partial charge in [0, 0.05) is 0 Å².